The molecule has 0 unspecified atom stereocenters. The molecule has 0 spiro atoms. The maximum atomic E-state index is 12.1. The van der Waals surface area contributed by atoms with Gasteiger partial charge < -0.3 is 10.1 Å². The number of ether oxygens (including phenoxy) is 1. The van der Waals surface area contributed by atoms with E-state index < -0.39 is 10.0 Å². The van der Waals surface area contributed by atoms with Gasteiger partial charge in [-0.05, 0) is 42.3 Å². The molecule has 3 N–H and O–H groups in total. The molecule has 7 heteroatoms. The number of benzene rings is 2. The van der Waals surface area contributed by atoms with E-state index in [2.05, 4.69) is 5.32 Å². The Kier molecular flexibility index (Phi) is 5.58. The van der Waals surface area contributed by atoms with Crippen LogP contribution in [-0.4, -0.2) is 21.4 Å². The fraction of sp³-hybridized carbons (Fsp3) is 0.235. The molecule has 128 valence electrons. The topological polar surface area (TPSA) is 98.5 Å². The SMILES string of the molecule is COc1ccc(CC(=O)N[C@H](C)c2cccc(S(N)(=O)=O)c2)cc1. The monoisotopic (exact) mass is 348 g/mol. The number of hydrogen-bond acceptors (Lipinski definition) is 4. The number of nitrogens with two attached hydrogens (primary N) is 1. The first kappa shape index (κ1) is 18.0. The lowest BCUT2D eigenvalue weighted by molar-refractivity contribution is -0.121. The molecular weight excluding hydrogens is 328 g/mol. The number of carbonyl (C=O) groups is 1. The van der Waals surface area contributed by atoms with Gasteiger partial charge in [-0.1, -0.05) is 24.3 Å². The minimum Gasteiger partial charge on any atom is -0.497 e. The second-order valence-corrected chi connectivity index (χ2v) is 6.99. The van der Waals surface area contributed by atoms with Crippen molar-refractivity contribution in [2.45, 2.75) is 24.3 Å². The molecule has 1 atom stereocenters. The Morgan fingerprint density at radius 3 is 2.46 bits per heavy atom. The van der Waals surface area contributed by atoms with E-state index in [1.807, 2.05) is 12.1 Å². The van der Waals surface area contributed by atoms with Crippen molar-refractivity contribution in [2.24, 2.45) is 5.14 Å². The number of amides is 1. The summed E-state index contributed by atoms with van der Waals surface area (Å²) < 4.78 is 27.9. The van der Waals surface area contributed by atoms with Crippen LogP contribution in [0.5, 0.6) is 5.75 Å². The summed E-state index contributed by atoms with van der Waals surface area (Å²) in [5, 5.41) is 7.97. The smallest absolute Gasteiger partial charge is 0.238 e. The summed E-state index contributed by atoms with van der Waals surface area (Å²) in [5.74, 6) is 0.570. The van der Waals surface area contributed by atoms with E-state index in [1.54, 1.807) is 38.3 Å². The molecule has 0 saturated carbocycles. The van der Waals surface area contributed by atoms with Gasteiger partial charge in [0, 0.05) is 0 Å². The number of carbonyl (C=O) groups excluding carboxylic acids is 1. The predicted octanol–water partition coefficient (Wildman–Crippen LogP) is 1.76. The lowest BCUT2D eigenvalue weighted by Crippen LogP contribution is -2.28. The largest absolute Gasteiger partial charge is 0.497 e. The van der Waals surface area contributed by atoms with E-state index in [-0.39, 0.29) is 23.3 Å². The molecule has 0 aliphatic heterocycles. The number of nitrogens with one attached hydrogen (secondary N) is 1. The number of sulfonamides is 1. The van der Waals surface area contributed by atoms with E-state index in [0.29, 0.717) is 5.56 Å². The van der Waals surface area contributed by atoms with Gasteiger partial charge in [-0.25, -0.2) is 13.6 Å². The molecule has 1 amide bonds. The van der Waals surface area contributed by atoms with Crippen molar-refractivity contribution in [1.29, 1.82) is 0 Å². The van der Waals surface area contributed by atoms with Gasteiger partial charge in [0.1, 0.15) is 5.75 Å². The van der Waals surface area contributed by atoms with Crippen molar-refractivity contribution in [3.8, 4) is 5.75 Å². The lowest BCUT2D eigenvalue weighted by atomic mass is 10.1. The molecule has 0 saturated heterocycles. The number of methoxy groups -OCH3 is 1. The van der Waals surface area contributed by atoms with Crippen molar-refractivity contribution in [1.82, 2.24) is 5.32 Å². The molecule has 2 aromatic carbocycles. The van der Waals surface area contributed by atoms with Crippen LogP contribution in [0.1, 0.15) is 24.1 Å². The molecule has 0 aliphatic rings. The van der Waals surface area contributed by atoms with E-state index >= 15 is 0 Å². The average Bonchev–Trinajstić information content (AvgIpc) is 2.54. The van der Waals surface area contributed by atoms with E-state index in [0.717, 1.165) is 11.3 Å². The van der Waals surface area contributed by atoms with Crippen LogP contribution in [0.4, 0.5) is 0 Å². The van der Waals surface area contributed by atoms with Crippen LogP contribution in [0.15, 0.2) is 53.4 Å². The van der Waals surface area contributed by atoms with Crippen LogP contribution >= 0.6 is 0 Å². The van der Waals surface area contributed by atoms with Crippen molar-refractivity contribution in [3.63, 3.8) is 0 Å². The standard InChI is InChI=1S/C17H20N2O4S/c1-12(14-4-3-5-16(11-14)24(18,21)22)19-17(20)10-13-6-8-15(23-2)9-7-13/h3-9,11-12H,10H2,1-2H3,(H,19,20)(H2,18,21,22)/t12-/m1/s1. The molecule has 0 heterocycles. The van der Waals surface area contributed by atoms with Crippen LogP contribution in [0.2, 0.25) is 0 Å². The molecule has 0 bridgehead atoms. The normalized spacial score (nSPS) is 12.5. The van der Waals surface area contributed by atoms with Crippen molar-refractivity contribution in [3.05, 3.63) is 59.7 Å². The molecule has 0 fully saturated rings. The molecule has 0 aromatic heterocycles. The molecule has 24 heavy (non-hydrogen) atoms. The van der Waals surface area contributed by atoms with Gasteiger partial charge in [0.25, 0.3) is 0 Å². The van der Waals surface area contributed by atoms with Crippen LogP contribution in [0.3, 0.4) is 0 Å². The zero-order valence-electron chi connectivity index (χ0n) is 13.5. The summed E-state index contributed by atoms with van der Waals surface area (Å²) in [6.07, 6.45) is 0.225. The van der Waals surface area contributed by atoms with Gasteiger partial charge in [-0.15, -0.1) is 0 Å². The maximum Gasteiger partial charge on any atom is 0.238 e. The van der Waals surface area contributed by atoms with Crippen LogP contribution < -0.4 is 15.2 Å². The van der Waals surface area contributed by atoms with Gasteiger partial charge >= 0.3 is 0 Å². The number of rotatable bonds is 6. The first-order valence-electron chi connectivity index (χ1n) is 7.34. The van der Waals surface area contributed by atoms with Crippen LogP contribution in [0.25, 0.3) is 0 Å². The Bertz CT molecular complexity index is 817. The third-order valence-corrected chi connectivity index (χ3v) is 4.50. The average molecular weight is 348 g/mol. The number of primary sulfonamides is 1. The quantitative estimate of drug-likeness (QED) is 0.831. The summed E-state index contributed by atoms with van der Waals surface area (Å²) >= 11 is 0. The predicted molar refractivity (Wildman–Crippen MR) is 91.1 cm³/mol. The van der Waals surface area contributed by atoms with Crippen LogP contribution in [0, 0.1) is 0 Å². The highest BCUT2D eigenvalue weighted by molar-refractivity contribution is 7.89. The highest BCUT2D eigenvalue weighted by atomic mass is 32.2. The highest BCUT2D eigenvalue weighted by Gasteiger charge is 2.13. The Morgan fingerprint density at radius 1 is 1.21 bits per heavy atom. The fourth-order valence-electron chi connectivity index (χ4n) is 2.27. The van der Waals surface area contributed by atoms with Gasteiger partial charge in [-0.2, -0.15) is 0 Å². The fourth-order valence-corrected chi connectivity index (χ4v) is 2.83. The van der Waals surface area contributed by atoms with Crippen LogP contribution in [-0.2, 0) is 21.2 Å². The van der Waals surface area contributed by atoms with Gasteiger partial charge in [0.15, 0.2) is 0 Å². The van der Waals surface area contributed by atoms with Gasteiger partial charge in [0.2, 0.25) is 15.9 Å². The van der Waals surface area contributed by atoms with Gasteiger partial charge in [0.05, 0.1) is 24.5 Å². The first-order chi connectivity index (χ1) is 11.3. The summed E-state index contributed by atoms with van der Waals surface area (Å²) in [4.78, 5) is 12.2. The minimum absolute atomic E-state index is 0.0243. The zero-order valence-corrected chi connectivity index (χ0v) is 14.3. The summed E-state index contributed by atoms with van der Waals surface area (Å²) in [6, 6.07) is 13.1. The van der Waals surface area contributed by atoms with Crippen molar-refractivity contribution < 1.29 is 17.9 Å². The Morgan fingerprint density at radius 2 is 1.88 bits per heavy atom. The molecule has 0 radical (unpaired) electrons. The zero-order chi connectivity index (χ0) is 17.7. The molecule has 2 aromatic rings. The van der Waals surface area contributed by atoms with Gasteiger partial charge in [-0.3, -0.25) is 4.79 Å². The first-order valence-corrected chi connectivity index (χ1v) is 8.89. The highest BCUT2D eigenvalue weighted by Crippen LogP contribution is 2.17. The van der Waals surface area contributed by atoms with E-state index in [1.165, 1.54) is 12.1 Å². The Hall–Kier alpha value is -2.38. The summed E-state index contributed by atoms with van der Waals surface area (Å²) in [6.45, 7) is 1.79. The minimum atomic E-state index is -3.77. The molecule has 2 rings (SSSR count). The third kappa shape index (κ3) is 4.81. The van der Waals surface area contributed by atoms with E-state index in [4.69, 9.17) is 9.88 Å². The lowest BCUT2D eigenvalue weighted by Gasteiger charge is -2.15. The summed E-state index contributed by atoms with van der Waals surface area (Å²) in [5.41, 5.74) is 1.53. The van der Waals surface area contributed by atoms with Crippen molar-refractivity contribution >= 4 is 15.9 Å². The second-order valence-electron chi connectivity index (χ2n) is 5.43. The molecule has 6 nitrogen and oxygen atoms in total. The van der Waals surface area contributed by atoms with Crippen molar-refractivity contribution in [2.75, 3.05) is 7.11 Å². The van der Waals surface area contributed by atoms with E-state index in [9.17, 15) is 13.2 Å². The molecular formula is C17H20N2O4S. The Labute approximate surface area is 141 Å². The number of hydrogen-bond donors (Lipinski definition) is 2. The maximum absolute atomic E-state index is 12.1. The summed E-state index contributed by atoms with van der Waals surface area (Å²) in [7, 11) is -2.18. The third-order valence-electron chi connectivity index (χ3n) is 3.59. The Balaban J connectivity index is 2.03. The second kappa shape index (κ2) is 7.46. The molecule has 0 aliphatic carbocycles.